The van der Waals surface area contributed by atoms with Gasteiger partial charge in [0.25, 0.3) is 5.91 Å². The lowest BCUT2D eigenvalue weighted by Crippen LogP contribution is -2.18. The summed E-state index contributed by atoms with van der Waals surface area (Å²) < 4.78 is 14.6. The lowest BCUT2D eigenvalue weighted by Gasteiger charge is -2.08. The fraction of sp³-hybridized carbons (Fsp3) is 0.100. The molecule has 27 heavy (non-hydrogen) atoms. The van der Waals surface area contributed by atoms with Crippen LogP contribution in [-0.2, 0) is 0 Å². The smallest absolute Gasteiger partial charge is 0.278 e. The first-order chi connectivity index (χ1) is 13.0. The molecule has 2 heterocycles. The summed E-state index contributed by atoms with van der Waals surface area (Å²) >= 11 is 0. The van der Waals surface area contributed by atoms with Crippen molar-refractivity contribution in [3.63, 3.8) is 0 Å². The minimum atomic E-state index is -0.428. The van der Waals surface area contributed by atoms with Gasteiger partial charge < -0.3 is 5.32 Å². The molecule has 0 radical (unpaired) electrons. The number of rotatable bonds is 3. The summed E-state index contributed by atoms with van der Waals surface area (Å²) in [6.45, 7) is 3.66. The van der Waals surface area contributed by atoms with Crippen molar-refractivity contribution in [3.05, 3.63) is 77.5 Å². The molecule has 0 aliphatic heterocycles. The normalized spacial score (nSPS) is 10.9. The summed E-state index contributed by atoms with van der Waals surface area (Å²) in [6.07, 6.45) is 0. The Balaban J connectivity index is 1.75. The highest BCUT2D eigenvalue weighted by atomic mass is 19.1. The average Bonchev–Trinajstić information content (AvgIpc) is 3.01. The van der Waals surface area contributed by atoms with Crippen molar-refractivity contribution < 1.29 is 9.18 Å². The quantitative estimate of drug-likeness (QED) is 0.602. The number of hydrogen-bond donors (Lipinski definition) is 1. The van der Waals surface area contributed by atoms with Gasteiger partial charge >= 0.3 is 0 Å². The Bertz CT molecular complexity index is 1140. The second-order valence-corrected chi connectivity index (χ2v) is 6.16. The lowest BCUT2D eigenvalue weighted by atomic mass is 10.1. The van der Waals surface area contributed by atoms with E-state index in [1.165, 1.54) is 24.3 Å². The minimum absolute atomic E-state index is 0.161. The number of nitrogens with zero attached hydrogens (tertiary/aromatic N) is 4. The number of nitrogens with one attached hydrogen (secondary N) is 1. The van der Waals surface area contributed by atoms with E-state index in [1.54, 1.807) is 11.4 Å². The van der Waals surface area contributed by atoms with Crippen LogP contribution >= 0.6 is 0 Å². The SMILES string of the molecule is Cc1nn2c(C)c(C(=O)Nc3ccc(F)cc3)nnc2c1-c1ccccc1. The zero-order chi connectivity index (χ0) is 19.0. The van der Waals surface area contributed by atoms with Crippen molar-refractivity contribution in [1.82, 2.24) is 19.8 Å². The number of carbonyl (C=O) groups excluding carboxylic acids is 1. The van der Waals surface area contributed by atoms with Crippen molar-refractivity contribution in [2.75, 3.05) is 5.32 Å². The van der Waals surface area contributed by atoms with Gasteiger partial charge in [-0.15, -0.1) is 10.2 Å². The molecular formula is C20H16FN5O. The molecule has 4 aromatic rings. The molecule has 2 aromatic carbocycles. The Hall–Kier alpha value is -3.61. The number of anilines is 1. The van der Waals surface area contributed by atoms with Crippen LogP contribution in [-0.4, -0.2) is 25.7 Å². The lowest BCUT2D eigenvalue weighted by molar-refractivity contribution is 0.102. The van der Waals surface area contributed by atoms with E-state index in [1.807, 2.05) is 37.3 Å². The Morgan fingerprint density at radius 2 is 1.70 bits per heavy atom. The summed E-state index contributed by atoms with van der Waals surface area (Å²) in [6, 6.07) is 15.3. The zero-order valence-corrected chi connectivity index (χ0v) is 14.8. The second kappa shape index (κ2) is 6.60. The van der Waals surface area contributed by atoms with Crippen LogP contribution in [0.5, 0.6) is 0 Å². The number of halogens is 1. The van der Waals surface area contributed by atoms with Crippen molar-refractivity contribution in [1.29, 1.82) is 0 Å². The third-order valence-corrected chi connectivity index (χ3v) is 4.32. The molecule has 4 rings (SSSR count). The number of aromatic nitrogens is 4. The maximum absolute atomic E-state index is 13.0. The molecule has 6 nitrogen and oxygen atoms in total. The van der Waals surface area contributed by atoms with Crippen molar-refractivity contribution in [2.45, 2.75) is 13.8 Å². The van der Waals surface area contributed by atoms with Gasteiger partial charge in [-0.2, -0.15) is 5.10 Å². The first-order valence-electron chi connectivity index (χ1n) is 8.39. The van der Waals surface area contributed by atoms with Crippen LogP contribution in [0.4, 0.5) is 10.1 Å². The average molecular weight is 361 g/mol. The molecule has 7 heteroatoms. The van der Waals surface area contributed by atoms with E-state index in [2.05, 4.69) is 20.6 Å². The molecule has 1 N–H and O–H groups in total. The maximum Gasteiger partial charge on any atom is 0.278 e. The molecular weight excluding hydrogens is 345 g/mol. The molecule has 0 spiro atoms. The van der Waals surface area contributed by atoms with E-state index in [0.29, 0.717) is 17.0 Å². The van der Waals surface area contributed by atoms with Gasteiger partial charge in [-0.25, -0.2) is 8.91 Å². The molecule has 0 bridgehead atoms. The molecule has 0 aliphatic carbocycles. The van der Waals surface area contributed by atoms with Gasteiger partial charge in [0.2, 0.25) is 0 Å². The predicted molar refractivity (Wildman–Crippen MR) is 100 cm³/mol. The molecule has 0 aliphatic rings. The van der Waals surface area contributed by atoms with Crippen LogP contribution in [0.1, 0.15) is 21.9 Å². The van der Waals surface area contributed by atoms with Gasteiger partial charge in [0.05, 0.1) is 17.0 Å². The predicted octanol–water partition coefficient (Wildman–Crippen LogP) is 3.80. The molecule has 0 atom stereocenters. The highest BCUT2D eigenvalue weighted by Gasteiger charge is 2.20. The third kappa shape index (κ3) is 3.03. The van der Waals surface area contributed by atoms with Gasteiger partial charge in [-0.1, -0.05) is 30.3 Å². The van der Waals surface area contributed by atoms with Gasteiger partial charge in [0, 0.05) is 5.69 Å². The van der Waals surface area contributed by atoms with Crippen molar-refractivity contribution >= 4 is 17.2 Å². The summed E-state index contributed by atoms with van der Waals surface area (Å²) in [5.74, 6) is -0.797. The number of carbonyl (C=O) groups is 1. The summed E-state index contributed by atoms with van der Waals surface area (Å²) in [5, 5.41) is 15.6. The summed E-state index contributed by atoms with van der Waals surface area (Å²) in [5.41, 5.74) is 4.48. The Kier molecular flexibility index (Phi) is 4.12. The first-order valence-corrected chi connectivity index (χ1v) is 8.39. The van der Waals surface area contributed by atoms with E-state index in [-0.39, 0.29) is 11.5 Å². The maximum atomic E-state index is 13.0. The van der Waals surface area contributed by atoms with E-state index in [9.17, 15) is 9.18 Å². The Morgan fingerprint density at radius 1 is 1.00 bits per heavy atom. The van der Waals surface area contributed by atoms with Gasteiger partial charge in [0.15, 0.2) is 11.3 Å². The standard InChI is InChI=1S/C20H16FN5O/c1-12-17(14-6-4-3-5-7-14)19-24-23-18(13(2)26(19)25-12)20(27)22-16-10-8-15(21)9-11-16/h3-11H,1-2H3,(H,22,27). The summed E-state index contributed by atoms with van der Waals surface area (Å²) in [7, 11) is 0. The van der Waals surface area contributed by atoms with Gasteiger partial charge in [-0.3, -0.25) is 4.79 Å². The van der Waals surface area contributed by atoms with E-state index >= 15 is 0 Å². The van der Waals surface area contributed by atoms with Crippen LogP contribution in [0.3, 0.4) is 0 Å². The monoisotopic (exact) mass is 361 g/mol. The number of benzene rings is 2. The molecule has 0 unspecified atom stereocenters. The summed E-state index contributed by atoms with van der Waals surface area (Å²) in [4.78, 5) is 12.6. The number of fused-ring (bicyclic) bond motifs is 1. The number of amides is 1. The number of aryl methyl sites for hydroxylation is 2. The van der Waals surface area contributed by atoms with Crippen molar-refractivity contribution in [3.8, 4) is 11.1 Å². The molecule has 134 valence electrons. The Labute approximate surface area is 154 Å². The van der Waals surface area contributed by atoms with Crippen LogP contribution in [0.2, 0.25) is 0 Å². The largest absolute Gasteiger partial charge is 0.321 e. The molecule has 1 amide bonds. The van der Waals surface area contributed by atoms with E-state index < -0.39 is 5.91 Å². The van der Waals surface area contributed by atoms with Crippen LogP contribution in [0.15, 0.2) is 54.6 Å². The van der Waals surface area contributed by atoms with E-state index in [0.717, 1.165) is 16.8 Å². The third-order valence-electron chi connectivity index (χ3n) is 4.32. The fourth-order valence-electron chi connectivity index (χ4n) is 2.99. The highest BCUT2D eigenvalue weighted by molar-refractivity contribution is 6.03. The van der Waals surface area contributed by atoms with Crippen LogP contribution in [0, 0.1) is 19.7 Å². The number of hydrogen-bond acceptors (Lipinski definition) is 4. The minimum Gasteiger partial charge on any atom is -0.321 e. The van der Waals surface area contributed by atoms with Crippen molar-refractivity contribution in [2.24, 2.45) is 0 Å². The topological polar surface area (TPSA) is 72.2 Å². The zero-order valence-electron chi connectivity index (χ0n) is 14.8. The molecule has 2 aromatic heterocycles. The molecule has 0 saturated heterocycles. The highest BCUT2D eigenvalue weighted by Crippen LogP contribution is 2.27. The Morgan fingerprint density at radius 3 is 2.41 bits per heavy atom. The molecule has 0 saturated carbocycles. The molecule has 0 fully saturated rings. The fourth-order valence-corrected chi connectivity index (χ4v) is 2.99. The van der Waals surface area contributed by atoms with Gasteiger partial charge in [-0.05, 0) is 43.7 Å². The van der Waals surface area contributed by atoms with Crippen LogP contribution < -0.4 is 5.32 Å². The van der Waals surface area contributed by atoms with Gasteiger partial charge in [0.1, 0.15) is 5.82 Å². The second-order valence-electron chi connectivity index (χ2n) is 6.16. The first kappa shape index (κ1) is 16.8. The van der Waals surface area contributed by atoms with E-state index in [4.69, 9.17) is 0 Å². The van der Waals surface area contributed by atoms with Crippen LogP contribution in [0.25, 0.3) is 16.8 Å².